The van der Waals surface area contributed by atoms with Crippen LogP contribution in [0, 0.1) is 6.92 Å². The van der Waals surface area contributed by atoms with Gasteiger partial charge in [0.05, 0.1) is 17.7 Å². The summed E-state index contributed by atoms with van der Waals surface area (Å²) in [5, 5.41) is 2.99. The Morgan fingerprint density at radius 1 is 0.902 bits per heavy atom. The van der Waals surface area contributed by atoms with Gasteiger partial charge in [0, 0.05) is 12.6 Å². The molecule has 41 heavy (non-hydrogen) atoms. The molecule has 0 saturated heterocycles. The smallest absolute Gasteiger partial charge is 0.264 e. The first kappa shape index (κ1) is 31.7. The fourth-order valence-corrected chi connectivity index (χ4v) is 5.95. The number of aryl methyl sites for hydroxylation is 1. The van der Waals surface area contributed by atoms with Gasteiger partial charge in [-0.05, 0) is 62.9 Å². The number of carbonyl (C=O) groups is 2. The van der Waals surface area contributed by atoms with Crippen LogP contribution in [0.15, 0.2) is 83.8 Å². The third kappa shape index (κ3) is 8.10. The molecule has 0 spiro atoms. The predicted molar refractivity (Wildman–Crippen MR) is 163 cm³/mol. The second kappa shape index (κ2) is 14.7. The zero-order valence-electron chi connectivity index (χ0n) is 24.5. The van der Waals surface area contributed by atoms with Crippen LogP contribution in [0.25, 0.3) is 0 Å². The summed E-state index contributed by atoms with van der Waals surface area (Å²) in [6.07, 6.45) is 1.64. The molecule has 3 aromatic carbocycles. The molecule has 0 aromatic heterocycles. The number of nitrogens with zero attached hydrogens (tertiary/aromatic N) is 2. The van der Waals surface area contributed by atoms with E-state index in [9.17, 15) is 18.0 Å². The van der Waals surface area contributed by atoms with Crippen molar-refractivity contribution in [2.45, 2.75) is 63.9 Å². The van der Waals surface area contributed by atoms with Crippen molar-refractivity contribution in [2.24, 2.45) is 0 Å². The second-order valence-corrected chi connectivity index (χ2v) is 11.9. The molecular formula is C32H41N3O5S. The molecule has 1 N–H and O–H groups in total. The van der Waals surface area contributed by atoms with Gasteiger partial charge in [0.25, 0.3) is 10.0 Å². The quantitative estimate of drug-likeness (QED) is 0.291. The monoisotopic (exact) mass is 579 g/mol. The molecule has 0 fully saturated rings. The number of benzene rings is 3. The molecule has 9 heteroatoms. The normalized spacial score (nSPS) is 12.7. The van der Waals surface area contributed by atoms with Crippen molar-refractivity contribution < 1.29 is 22.7 Å². The third-order valence-electron chi connectivity index (χ3n) is 7.11. The van der Waals surface area contributed by atoms with Gasteiger partial charge >= 0.3 is 0 Å². The molecule has 0 unspecified atom stereocenters. The van der Waals surface area contributed by atoms with E-state index in [1.807, 2.05) is 58.0 Å². The number of rotatable bonds is 14. The van der Waals surface area contributed by atoms with Gasteiger partial charge in [0.1, 0.15) is 18.3 Å². The number of nitrogens with one attached hydrogen (secondary N) is 1. The van der Waals surface area contributed by atoms with E-state index in [4.69, 9.17) is 4.74 Å². The van der Waals surface area contributed by atoms with Crippen LogP contribution in [0.5, 0.6) is 5.75 Å². The molecule has 0 saturated carbocycles. The molecule has 0 heterocycles. The molecular weight excluding hydrogens is 538 g/mol. The number of ether oxygens (including phenoxy) is 1. The van der Waals surface area contributed by atoms with Crippen molar-refractivity contribution in [1.82, 2.24) is 10.2 Å². The molecule has 0 aliphatic rings. The van der Waals surface area contributed by atoms with E-state index in [0.29, 0.717) is 18.6 Å². The number of para-hydroxylation sites is 2. The molecule has 2 amide bonds. The molecule has 3 aromatic rings. The Kier molecular flexibility index (Phi) is 11.3. The van der Waals surface area contributed by atoms with Crippen molar-refractivity contribution in [3.63, 3.8) is 0 Å². The van der Waals surface area contributed by atoms with Crippen molar-refractivity contribution in [1.29, 1.82) is 0 Å². The average molecular weight is 580 g/mol. The van der Waals surface area contributed by atoms with Crippen LogP contribution in [-0.4, -0.2) is 57.4 Å². The lowest BCUT2D eigenvalue weighted by molar-refractivity contribution is -0.139. The Morgan fingerprint density at radius 2 is 1.54 bits per heavy atom. The van der Waals surface area contributed by atoms with E-state index in [-0.39, 0.29) is 29.1 Å². The van der Waals surface area contributed by atoms with Crippen LogP contribution < -0.4 is 14.4 Å². The topological polar surface area (TPSA) is 96.0 Å². The highest BCUT2D eigenvalue weighted by atomic mass is 32.2. The zero-order chi connectivity index (χ0) is 30.0. The van der Waals surface area contributed by atoms with E-state index < -0.39 is 28.5 Å². The first-order valence-electron chi connectivity index (χ1n) is 14.0. The minimum Gasteiger partial charge on any atom is -0.495 e. The molecule has 0 bridgehead atoms. The van der Waals surface area contributed by atoms with Gasteiger partial charge in [-0.1, -0.05) is 74.0 Å². The summed E-state index contributed by atoms with van der Waals surface area (Å²) in [6.45, 7) is 7.37. The molecule has 0 aliphatic heterocycles. The standard InChI is InChI=1S/C32H41N3O5S/c1-6-25(4)33-32(37)28(7-2)34(22-21-26-13-9-8-10-14-26)31(36)23-35(29-15-11-12-16-30(29)40-5)41(38,39)27-19-17-24(3)18-20-27/h8-20,25,28H,6-7,21-23H2,1-5H3,(H,33,37)/t25-,28-/m0/s1. The number of anilines is 1. The Bertz CT molecular complexity index is 1390. The molecule has 8 nitrogen and oxygen atoms in total. The van der Waals surface area contributed by atoms with Crippen LogP contribution in [0.1, 0.15) is 44.7 Å². The average Bonchev–Trinajstić information content (AvgIpc) is 2.98. The molecule has 0 radical (unpaired) electrons. The fraction of sp³-hybridized carbons (Fsp3) is 0.375. The molecule has 220 valence electrons. The second-order valence-electron chi connectivity index (χ2n) is 10.1. The molecule has 0 aliphatic carbocycles. The van der Waals surface area contributed by atoms with Gasteiger partial charge in [-0.2, -0.15) is 0 Å². The number of hydrogen-bond acceptors (Lipinski definition) is 5. The first-order valence-corrected chi connectivity index (χ1v) is 15.4. The Labute approximate surface area is 244 Å². The van der Waals surface area contributed by atoms with Crippen molar-refractivity contribution >= 4 is 27.5 Å². The summed E-state index contributed by atoms with van der Waals surface area (Å²) in [5.74, 6) is -0.421. The Morgan fingerprint density at radius 3 is 2.15 bits per heavy atom. The highest BCUT2D eigenvalue weighted by Gasteiger charge is 2.34. The van der Waals surface area contributed by atoms with Gasteiger partial charge < -0.3 is 15.0 Å². The molecule has 2 atom stereocenters. The maximum Gasteiger partial charge on any atom is 0.264 e. The summed E-state index contributed by atoms with van der Waals surface area (Å²) >= 11 is 0. The van der Waals surface area contributed by atoms with Crippen molar-refractivity contribution in [2.75, 3.05) is 24.5 Å². The highest BCUT2D eigenvalue weighted by molar-refractivity contribution is 7.92. The SMILES string of the molecule is CC[C@H](C)NC(=O)[C@H](CC)N(CCc1ccccc1)C(=O)CN(c1ccccc1OC)S(=O)(=O)c1ccc(C)cc1. The summed E-state index contributed by atoms with van der Waals surface area (Å²) in [7, 11) is -2.72. The predicted octanol–water partition coefficient (Wildman–Crippen LogP) is 4.96. The van der Waals surface area contributed by atoms with Gasteiger partial charge in [-0.15, -0.1) is 0 Å². The van der Waals surface area contributed by atoms with Gasteiger partial charge in [-0.25, -0.2) is 8.42 Å². The first-order chi connectivity index (χ1) is 19.6. The van der Waals surface area contributed by atoms with E-state index >= 15 is 0 Å². The fourth-order valence-electron chi connectivity index (χ4n) is 4.52. The van der Waals surface area contributed by atoms with E-state index in [0.717, 1.165) is 21.9 Å². The van der Waals surface area contributed by atoms with Gasteiger partial charge in [0.2, 0.25) is 11.8 Å². The Hall–Kier alpha value is -3.85. The van der Waals surface area contributed by atoms with E-state index in [1.165, 1.54) is 24.1 Å². The lowest BCUT2D eigenvalue weighted by atomic mass is 10.1. The van der Waals surface area contributed by atoms with Crippen LogP contribution in [0.4, 0.5) is 5.69 Å². The minimum absolute atomic E-state index is 0.0548. The summed E-state index contributed by atoms with van der Waals surface area (Å²) in [5.41, 5.74) is 2.16. The number of carbonyl (C=O) groups excluding carboxylic acids is 2. The highest BCUT2D eigenvalue weighted by Crippen LogP contribution is 2.32. The number of hydrogen-bond donors (Lipinski definition) is 1. The third-order valence-corrected chi connectivity index (χ3v) is 8.89. The number of methoxy groups -OCH3 is 1. The lowest BCUT2D eigenvalue weighted by Crippen LogP contribution is -2.54. The maximum absolute atomic E-state index is 14.1. The largest absolute Gasteiger partial charge is 0.495 e. The van der Waals surface area contributed by atoms with E-state index in [2.05, 4.69) is 5.32 Å². The van der Waals surface area contributed by atoms with Crippen LogP contribution in [0.3, 0.4) is 0 Å². The summed E-state index contributed by atoms with van der Waals surface area (Å²) < 4.78 is 34.6. The summed E-state index contributed by atoms with van der Waals surface area (Å²) in [4.78, 5) is 29.1. The van der Waals surface area contributed by atoms with E-state index in [1.54, 1.807) is 36.4 Å². The zero-order valence-corrected chi connectivity index (χ0v) is 25.4. The Balaban J connectivity index is 2.04. The summed E-state index contributed by atoms with van der Waals surface area (Å²) in [6, 6.07) is 22.0. The number of amides is 2. The number of sulfonamides is 1. The van der Waals surface area contributed by atoms with Crippen molar-refractivity contribution in [3.8, 4) is 5.75 Å². The van der Waals surface area contributed by atoms with Gasteiger partial charge in [0.15, 0.2) is 0 Å². The minimum atomic E-state index is -4.17. The van der Waals surface area contributed by atoms with Crippen LogP contribution in [0.2, 0.25) is 0 Å². The van der Waals surface area contributed by atoms with Gasteiger partial charge in [-0.3, -0.25) is 13.9 Å². The van der Waals surface area contributed by atoms with Crippen molar-refractivity contribution in [3.05, 3.63) is 90.0 Å². The van der Waals surface area contributed by atoms with Crippen LogP contribution in [-0.2, 0) is 26.0 Å². The molecule has 3 rings (SSSR count). The maximum atomic E-state index is 14.1. The lowest BCUT2D eigenvalue weighted by Gasteiger charge is -2.34. The van der Waals surface area contributed by atoms with Crippen LogP contribution >= 0.6 is 0 Å².